The van der Waals surface area contributed by atoms with Crippen molar-refractivity contribution in [1.82, 2.24) is 4.90 Å². The van der Waals surface area contributed by atoms with Crippen LogP contribution in [0.1, 0.15) is 43.2 Å². The van der Waals surface area contributed by atoms with Gasteiger partial charge in [-0.2, -0.15) is 0 Å². The molecule has 1 aliphatic heterocycles. The number of amides is 2. The molecule has 184 valence electrons. The second-order valence-electron chi connectivity index (χ2n) is 8.94. The molecule has 0 saturated carbocycles. The zero-order valence-corrected chi connectivity index (χ0v) is 20.8. The third-order valence-corrected chi connectivity index (χ3v) is 6.15. The standard InChI is InChI=1S/C27H37N3O4/c1-5-24(20-10-7-6-8-11-20)27(32)30(18-23-12-9-15-34-23)17-21-16-22(28-26(31)19-33-4)13-14-25(21)29(2)3/h6-8,10-11,13-14,16,23-24H,5,9,12,15,17-19H2,1-4H3,(H,28,31)/t23-,24+/m0/s1. The largest absolute Gasteiger partial charge is 0.377 e. The molecular weight excluding hydrogens is 430 g/mol. The molecule has 7 heteroatoms. The molecule has 2 aromatic carbocycles. The van der Waals surface area contributed by atoms with Crippen LogP contribution in [-0.4, -0.2) is 63.8 Å². The Morgan fingerprint density at radius 1 is 1.18 bits per heavy atom. The first-order valence-electron chi connectivity index (χ1n) is 12.0. The van der Waals surface area contributed by atoms with Crippen molar-refractivity contribution < 1.29 is 19.1 Å². The van der Waals surface area contributed by atoms with Gasteiger partial charge in [-0.05, 0) is 48.6 Å². The first-order chi connectivity index (χ1) is 16.4. The van der Waals surface area contributed by atoms with E-state index in [9.17, 15) is 9.59 Å². The van der Waals surface area contributed by atoms with Crippen molar-refractivity contribution >= 4 is 23.2 Å². The van der Waals surface area contributed by atoms with E-state index >= 15 is 0 Å². The lowest BCUT2D eigenvalue weighted by Gasteiger charge is -2.31. The normalized spacial score (nSPS) is 16.2. The van der Waals surface area contributed by atoms with Crippen molar-refractivity contribution in [2.75, 3.05) is 51.2 Å². The monoisotopic (exact) mass is 467 g/mol. The van der Waals surface area contributed by atoms with Crippen molar-refractivity contribution in [2.45, 2.75) is 44.8 Å². The quantitative estimate of drug-likeness (QED) is 0.540. The van der Waals surface area contributed by atoms with Gasteiger partial charge >= 0.3 is 0 Å². The zero-order chi connectivity index (χ0) is 24.5. The van der Waals surface area contributed by atoms with Crippen LogP contribution in [0.3, 0.4) is 0 Å². The van der Waals surface area contributed by atoms with E-state index in [1.165, 1.54) is 7.11 Å². The molecular formula is C27H37N3O4. The Kier molecular flexibility index (Phi) is 9.48. The van der Waals surface area contributed by atoms with Crippen LogP contribution in [0.4, 0.5) is 11.4 Å². The summed E-state index contributed by atoms with van der Waals surface area (Å²) in [5, 5.41) is 2.87. The van der Waals surface area contributed by atoms with Gasteiger partial charge in [0.1, 0.15) is 6.61 Å². The van der Waals surface area contributed by atoms with Gasteiger partial charge in [0.25, 0.3) is 0 Å². The number of benzene rings is 2. The Balaban J connectivity index is 1.91. The maximum absolute atomic E-state index is 13.9. The molecule has 1 saturated heterocycles. The van der Waals surface area contributed by atoms with Gasteiger partial charge in [0, 0.05) is 52.3 Å². The number of carbonyl (C=O) groups is 2. The Bertz CT molecular complexity index is 942. The van der Waals surface area contributed by atoms with Gasteiger partial charge < -0.3 is 24.6 Å². The van der Waals surface area contributed by atoms with Crippen LogP contribution in [0.15, 0.2) is 48.5 Å². The summed E-state index contributed by atoms with van der Waals surface area (Å²) in [7, 11) is 5.45. The Labute approximate surface area is 203 Å². The van der Waals surface area contributed by atoms with Gasteiger partial charge in [-0.1, -0.05) is 37.3 Å². The van der Waals surface area contributed by atoms with Crippen molar-refractivity contribution in [3.8, 4) is 0 Å². The van der Waals surface area contributed by atoms with E-state index in [2.05, 4.69) is 12.2 Å². The van der Waals surface area contributed by atoms with E-state index in [0.717, 1.165) is 42.7 Å². The minimum Gasteiger partial charge on any atom is -0.377 e. The molecule has 7 nitrogen and oxygen atoms in total. The van der Waals surface area contributed by atoms with Gasteiger partial charge in [-0.3, -0.25) is 9.59 Å². The molecule has 1 aliphatic rings. The summed E-state index contributed by atoms with van der Waals surface area (Å²) >= 11 is 0. The maximum atomic E-state index is 13.9. The highest BCUT2D eigenvalue weighted by Crippen LogP contribution is 2.29. The van der Waals surface area contributed by atoms with Crippen molar-refractivity contribution in [3.63, 3.8) is 0 Å². The molecule has 0 aromatic heterocycles. The molecule has 1 N–H and O–H groups in total. The molecule has 1 fully saturated rings. The molecule has 2 aromatic rings. The summed E-state index contributed by atoms with van der Waals surface area (Å²) in [6.07, 6.45) is 2.74. The number of hydrogen-bond donors (Lipinski definition) is 1. The van der Waals surface area contributed by atoms with E-state index in [0.29, 0.717) is 18.8 Å². The summed E-state index contributed by atoms with van der Waals surface area (Å²) in [6.45, 7) is 3.77. The van der Waals surface area contributed by atoms with E-state index < -0.39 is 0 Å². The summed E-state index contributed by atoms with van der Waals surface area (Å²) in [5.41, 5.74) is 3.68. The molecule has 0 radical (unpaired) electrons. The topological polar surface area (TPSA) is 71.1 Å². The predicted octanol–water partition coefficient (Wildman–Crippen LogP) is 4.04. The number of ether oxygens (including phenoxy) is 2. The van der Waals surface area contributed by atoms with Crippen molar-refractivity contribution in [1.29, 1.82) is 0 Å². The predicted molar refractivity (Wildman–Crippen MR) is 135 cm³/mol. The number of rotatable bonds is 11. The molecule has 0 spiro atoms. The molecule has 0 aliphatic carbocycles. The van der Waals surface area contributed by atoms with Gasteiger partial charge in [-0.25, -0.2) is 0 Å². The molecule has 2 amide bonds. The van der Waals surface area contributed by atoms with Gasteiger partial charge in [0.15, 0.2) is 0 Å². The zero-order valence-electron chi connectivity index (χ0n) is 20.8. The first-order valence-corrected chi connectivity index (χ1v) is 12.0. The summed E-state index contributed by atoms with van der Waals surface area (Å²) in [5.74, 6) is -0.328. The number of anilines is 2. The summed E-state index contributed by atoms with van der Waals surface area (Å²) in [4.78, 5) is 29.9. The number of methoxy groups -OCH3 is 1. The first kappa shape index (κ1) is 25.7. The number of nitrogens with one attached hydrogen (secondary N) is 1. The molecule has 0 unspecified atom stereocenters. The van der Waals surface area contributed by atoms with E-state index in [1.54, 1.807) is 0 Å². The molecule has 34 heavy (non-hydrogen) atoms. The second-order valence-corrected chi connectivity index (χ2v) is 8.94. The van der Waals surface area contributed by atoms with Crippen molar-refractivity contribution in [3.05, 3.63) is 59.7 Å². The minimum atomic E-state index is -0.214. The highest BCUT2D eigenvalue weighted by Gasteiger charge is 2.29. The molecule has 1 heterocycles. The lowest BCUT2D eigenvalue weighted by Crippen LogP contribution is -2.40. The van der Waals surface area contributed by atoms with E-state index in [-0.39, 0.29) is 30.4 Å². The maximum Gasteiger partial charge on any atom is 0.250 e. The fourth-order valence-electron chi connectivity index (χ4n) is 4.49. The number of hydrogen-bond acceptors (Lipinski definition) is 5. The fraction of sp³-hybridized carbons (Fsp3) is 0.481. The smallest absolute Gasteiger partial charge is 0.250 e. The van der Waals surface area contributed by atoms with E-state index in [1.807, 2.05) is 72.4 Å². The lowest BCUT2D eigenvalue weighted by atomic mass is 9.94. The van der Waals surface area contributed by atoms with Crippen LogP contribution in [0.2, 0.25) is 0 Å². The van der Waals surface area contributed by atoms with Crippen LogP contribution in [0.5, 0.6) is 0 Å². The lowest BCUT2D eigenvalue weighted by molar-refractivity contribution is -0.135. The van der Waals surface area contributed by atoms with Crippen LogP contribution < -0.4 is 10.2 Å². The highest BCUT2D eigenvalue weighted by molar-refractivity contribution is 5.92. The second kappa shape index (κ2) is 12.5. The van der Waals surface area contributed by atoms with Crippen LogP contribution in [0, 0.1) is 0 Å². The van der Waals surface area contributed by atoms with Gasteiger partial charge in [0.05, 0.1) is 12.0 Å². The molecule has 2 atom stereocenters. The third-order valence-electron chi connectivity index (χ3n) is 6.15. The third kappa shape index (κ3) is 6.81. The average molecular weight is 468 g/mol. The Hall–Kier alpha value is -2.90. The fourth-order valence-corrected chi connectivity index (χ4v) is 4.49. The Morgan fingerprint density at radius 2 is 1.94 bits per heavy atom. The average Bonchev–Trinajstić information content (AvgIpc) is 3.33. The van der Waals surface area contributed by atoms with Crippen LogP contribution in [-0.2, 0) is 25.6 Å². The summed E-state index contributed by atoms with van der Waals surface area (Å²) in [6, 6.07) is 15.8. The SMILES string of the molecule is CC[C@@H](C(=O)N(Cc1cc(NC(=O)COC)ccc1N(C)C)C[C@@H]1CCCO1)c1ccccc1. The van der Waals surface area contributed by atoms with Gasteiger partial charge in [-0.15, -0.1) is 0 Å². The van der Waals surface area contributed by atoms with Gasteiger partial charge in [0.2, 0.25) is 11.8 Å². The molecule has 3 rings (SSSR count). The minimum absolute atomic E-state index is 0.0103. The molecule has 0 bridgehead atoms. The van der Waals surface area contributed by atoms with Crippen LogP contribution >= 0.6 is 0 Å². The van der Waals surface area contributed by atoms with Crippen molar-refractivity contribution in [2.24, 2.45) is 0 Å². The highest BCUT2D eigenvalue weighted by atomic mass is 16.5. The number of carbonyl (C=O) groups excluding carboxylic acids is 2. The van der Waals surface area contributed by atoms with Crippen LogP contribution in [0.25, 0.3) is 0 Å². The summed E-state index contributed by atoms with van der Waals surface area (Å²) < 4.78 is 10.8. The number of nitrogens with zero attached hydrogens (tertiary/aromatic N) is 2. The van der Waals surface area contributed by atoms with E-state index in [4.69, 9.17) is 9.47 Å². The Morgan fingerprint density at radius 3 is 2.56 bits per heavy atom.